The van der Waals surface area contributed by atoms with Gasteiger partial charge in [0.15, 0.2) is 5.65 Å². The summed E-state index contributed by atoms with van der Waals surface area (Å²) in [5.41, 5.74) is 0.897. The molecule has 2 aromatic heterocycles. The van der Waals surface area contributed by atoms with Gasteiger partial charge in [-0.2, -0.15) is 4.98 Å². The number of aromatic nitrogens is 3. The van der Waals surface area contributed by atoms with Crippen LogP contribution in [0, 0.1) is 11.8 Å². The molecule has 2 fully saturated rings. The molecule has 1 saturated heterocycles. The smallest absolute Gasteiger partial charge is 0.243 e. The van der Waals surface area contributed by atoms with E-state index in [9.17, 15) is 0 Å². The molecule has 5 nitrogen and oxygen atoms in total. The van der Waals surface area contributed by atoms with Gasteiger partial charge in [0, 0.05) is 25.3 Å². The fraction of sp³-hybridized carbons (Fsp3) is 0.455. The van der Waals surface area contributed by atoms with Gasteiger partial charge >= 0.3 is 0 Å². The minimum absolute atomic E-state index is 0.582. The summed E-state index contributed by atoms with van der Waals surface area (Å²) in [5.74, 6) is 2.32. The van der Waals surface area contributed by atoms with Crippen molar-refractivity contribution < 1.29 is 0 Å². The summed E-state index contributed by atoms with van der Waals surface area (Å²) in [7, 11) is 0. The molecule has 2 unspecified atom stereocenters. The Morgan fingerprint density at radius 3 is 3.00 bits per heavy atom. The molecular formula is C11H13N5. The van der Waals surface area contributed by atoms with E-state index in [0.717, 1.165) is 36.5 Å². The third kappa shape index (κ3) is 1.15. The summed E-state index contributed by atoms with van der Waals surface area (Å²) in [6, 6.07) is 6.48. The lowest BCUT2D eigenvalue weighted by Crippen LogP contribution is -2.21. The van der Waals surface area contributed by atoms with Gasteiger partial charge in [-0.25, -0.2) is 4.52 Å². The number of nitrogens with one attached hydrogen (secondary N) is 2. The number of anilines is 1. The number of hydrogen-bond donors (Lipinski definition) is 2. The van der Waals surface area contributed by atoms with Crippen LogP contribution in [0.4, 0.5) is 5.95 Å². The molecule has 0 bridgehead atoms. The Kier molecular flexibility index (Phi) is 1.57. The molecule has 2 aromatic rings. The Labute approximate surface area is 92.9 Å². The topological polar surface area (TPSA) is 54.2 Å². The summed E-state index contributed by atoms with van der Waals surface area (Å²) in [6.07, 6.45) is 1.92. The quantitative estimate of drug-likeness (QED) is 0.759. The molecule has 16 heavy (non-hydrogen) atoms. The highest BCUT2D eigenvalue weighted by Gasteiger charge is 2.53. The van der Waals surface area contributed by atoms with Crippen LogP contribution in [-0.2, 0) is 0 Å². The second-order valence-corrected chi connectivity index (χ2v) is 4.59. The maximum Gasteiger partial charge on any atom is 0.243 e. The van der Waals surface area contributed by atoms with Crippen molar-refractivity contribution in [2.24, 2.45) is 11.8 Å². The molecule has 0 amide bonds. The lowest BCUT2D eigenvalue weighted by Gasteiger charge is -2.03. The third-order valence-corrected chi connectivity index (χ3v) is 3.63. The highest BCUT2D eigenvalue weighted by atomic mass is 15.4. The summed E-state index contributed by atoms with van der Waals surface area (Å²) in [4.78, 5) is 4.44. The van der Waals surface area contributed by atoms with Crippen molar-refractivity contribution in [1.82, 2.24) is 19.9 Å². The van der Waals surface area contributed by atoms with Gasteiger partial charge in [-0.1, -0.05) is 6.07 Å². The fourth-order valence-corrected chi connectivity index (χ4v) is 2.67. The molecule has 5 heteroatoms. The van der Waals surface area contributed by atoms with Crippen LogP contribution >= 0.6 is 0 Å². The maximum absolute atomic E-state index is 4.44. The van der Waals surface area contributed by atoms with E-state index in [1.807, 2.05) is 24.4 Å². The normalized spacial score (nSPS) is 31.6. The first-order valence-electron chi connectivity index (χ1n) is 5.70. The van der Waals surface area contributed by atoms with Gasteiger partial charge < -0.3 is 10.6 Å². The molecule has 3 heterocycles. The first-order chi connectivity index (χ1) is 7.92. The largest absolute Gasteiger partial charge is 0.349 e. The highest BCUT2D eigenvalue weighted by Crippen LogP contribution is 2.43. The van der Waals surface area contributed by atoms with Crippen LogP contribution in [0.1, 0.15) is 0 Å². The summed E-state index contributed by atoms with van der Waals surface area (Å²) in [5, 5.41) is 11.2. The molecule has 0 aromatic carbocycles. The zero-order chi connectivity index (χ0) is 10.5. The second kappa shape index (κ2) is 2.95. The van der Waals surface area contributed by atoms with Crippen LogP contribution in [0.15, 0.2) is 24.4 Å². The first kappa shape index (κ1) is 8.52. The number of fused-ring (bicyclic) bond motifs is 2. The number of rotatable bonds is 2. The van der Waals surface area contributed by atoms with E-state index in [2.05, 4.69) is 20.7 Å². The van der Waals surface area contributed by atoms with Crippen LogP contribution in [0.25, 0.3) is 5.65 Å². The van der Waals surface area contributed by atoms with E-state index < -0.39 is 0 Å². The molecule has 2 aliphatic rings. The molecule has 2 atom stereocenters. The molecule has 4 rings (SSSR count). The minimum Gasteiger partial charge on any atom is -0.349 e. The van der Waals surface area contributed by atoms with Crippen molar-refractivity contribution in [2.75, 3.05) is 18.4 Å². The van der Waals surface area contributed by atoms with Crippen LogP contribution in [0.5, 0.6) is 0 Å². The molecule has 2 N–H and O–H groups in total. The van der Waals surface area contributed by atoms with E-state index in [0.29, 0.717) is 6.04 Å². The SMILES string of the molecule is c1ccn2nc(NC3C4CNCC43)nc2c1. The van der Waals surface area contributed by atoms with Crippen LogP contribution in [0.3, 0.4) is 0 Å². The van der Waals surface area contributed by atoms with E-state index in [1.54, 1.807) is 4.52 Å². The van der Waals surface area contributed by atoms with Crippen LogP contribution in [0.2, 0.25) is 0 Å². The number of hydrogen-bond acceptors (Lipinski definition) is 4. The lowest BCUT2D eigenvalue weighted by atomic mass is 10.4. The van der Waals surface area contributed by atoms with Crippen LogP contribution in [-0.4, -0.2) is 33.7 Å². The highest BCUT2D eigenvalue weighted by molar-refractivity contribution is 5.44. The van der Waals surface area contributed by atoms with Gasteiger partial charge in [0.05, 0.1) is 0 Å². The summed E-state index contributed by atoms with van der Waals surface area (Å²) < 4.78 is 1.80. The Morgan fingerprint density at radius 1 is 1.31 bits per heavy atom. The monoisotopic (exact) mass is 215 g/mol. The van der Waals surface area contributed by atoms with Gasteiger partial charge in [-0.15, -0.1) is 5.10 Å². The average molecular weight is 215 g/mol. The lowest BCUT2D eigenvalue weighted by molar-refractivity contribution is 0.693. The predicted octanol–water partition coefficient (Wildman–Crippen LogP) is 0.359. The molecule has 1 aliphatic carbocycles. The van der Waals surface area contributed by atoms with Crippen molar-refractivity contribution in [3.8, 4) is 0 Å². The molecule has 0 radical (unpaired) electrons. The Morgan fingerprint density at radius 2 is 2.19 bits per heavy atom. The van der Waals surface area contributed by atoms with Crippen molar-refractivity contribution in [1.29, 1.82) is 0 Å². The fourth-order valence-electron chi connectivity index (χ4n) is 2.67. The van der Waals surface area contributed by atoms with Gasteiger partial charge in [0.2, 0.25) is 5.95 Å². The average Bonchev–Trinajstić information content (AvgIpc) is 2.75. The predicted molar refractivity (Wildman–Crippen MR) is 60.2 cm³/mol. The summed E-state index contributed by atoms with van der Waals surface area (Å²) in [6.45, 7) is 2.27. The Hall–Kier alpha value is -1.62. The first-order valence-corrected chi connectivity index (χ1v) is 5.70. The standard InChI is InChI=1S/C11H13N5/c1-2-4-16-9(3-1)13-11(15-16)14-10-7-5-12-6-8(7)10/h1-4,7-8,10,12H,5-6H2,(H,14,15). The molecule has 82 valence electrons. The van der Waals surface area contributed by atoms with Crippen molar-refractivity contribution >= 4 is 11.6 Å². The number of piperidine rings is 1. The van der Waals surface area contributed by atoms with E-state index in [1.165, 1.54) is 0 Å². The zero-order valence-electron chi connectivity index (χ0n) is 8.80. The molecular weight excluding hydrogens is 202 g/mol. The Balaban J connectivity index is 1.59. The van der Waals surface area contributed by atoms with Gasteiger partial charge in [0.1, 0.15) is 0 Å². The minimum atomic E-state index is 0.582. The second-order valence-electron chi connectivity index (χ2n) is 4.59. The van der Waals surface area contributed by atoms with Gasteiger partial charge in [-0.05, 0) is 24.0 Å². The number of pyridine rings is 1. The third-order valence-electron chi connectivity index (χ3n) is 3.63. The van der Waals surface area contributed by atoms with E-state index >= 15 is 0 Å². The Bertz CT molecular complexity index is 491. The number of nitrogens with zero attached hydrogens (tertiary/aromatic N) is 3. The van der Waals surface area contributed by atoms with E-state index in [4.69, 9.17) is 0 Å². The van der Waals surface area contributed by atoms with Gasteiger partial charge in [-0.3, -0.25) is 0 Å². The van der Waals surface area contributed by atoms with Gasteiger partial charge in [0.25, 0.3) is 0 Å². The van der Waals surface area contributed by atoms with Crippen molar-refractivity contribution in [3.63, 3.8) is 0 Å². The molecule has 0 spiro atoms. The zero-order valence-corrected chi connectivity index (χ0v) is 8.80. The van der Waals surface area contributed by atoms with Crippen LogP contribution < -0.4 is 10.6 Å². The van der Waals surface area contributed by atoms with Crippen molar-refractivity contribution in [2.45, 2.75) is 6.04 Å². The van der Waals surface area contributed by atoms with Crippen molar-refractivity contribution in [3.05, 3.63) is 24.4 Å². The molecule has 1 saturated carbocycles. The molecule has 1 aliphatic heterocycles. The van der Waals surface area contributed by atoms with E-state index in [-0.39, 0.29) is 0 Å². The summed E-state index contributed by atoms with van der Waals surface area (Å²) >= 11 is 0. The maximum atomic E-state index is 4.44.